The topological polar surface area (TPSA) is 63.7 Å². The molecular weight excluding hydrogens is 238 g/mol. The maximum atomic E-state index is 5.83. The molecule has 6 heteroatoms. The lowest BCUT2D eigenvalue weighted by atomic mass is 10.1. The monoisotopic (exact) mass is 258 g/mol. The van der Waals surface area contributed by atoms with Crippen molar-refractivity contribution < 1.29 is 5.32 Å². The molecule has 1 saturated heterocycles. The van der Waals surface area contributed by atoms with E-state index >= 15 is 0 Å². The number of rotatable bonds is 5. The average Bonchev–Trinajstić information content (AvgIpc) is 2.84. The number of aromatic nitrogens is 2. The highest BCUT2D eigenvalue weighted by Gasteiger charge is 2.23. The number of halogens is 1. The normalized spacial score (nSPS) is 21.2. The summed E-state index contributed by atoms with van der Waals surface area (Å²) >= 11 is 5.82. The summed E-state index contributed by atoms with van der Waals surface area (Å²) in [6.45, 7) is 5.55. The van der Waals surface area contributed by atoms with E-state index in [1.54, 1.807) is 6.07 Å². The number of likely N-dealkylation sites (N-methyl/N-ethyl adjacent to an activating group) is 1. The van der Waals surface area contributed by atoms with Crippen molar-refractivity contribution in [2.75, 3.05) is 39.0 Å². The largest absolute Gasteiger partial charge is 0.384 e. The van der Waals surface area contributed by atoms with Crippen molar-refractivity contribution in [2.45, 2.75) is 13.0 Å². The van der Waals surface area contributed by atoms with Gasteiger partial charge in [0, 0.05) is 25.7 Å². The summed E-state index contributed by atoms with van der Waals surface area (Å²) < 4.78 is 1.82. The lowest BCUT2D eigenvalue weighted by Gasteiger charge is -2.14. The minimum absolute atomic E-state index is 0.484. The fourth-order valence-corrected chi connectivity index (χ4v) is 2.57. The maximum Gasteiger partial charge on any atom is 0.153 e. The van der Waals surface area contributed by atoms with Gasteiger partial charge in [0.25, 0.3) is 0 Å². The molecule has 96 valence electrons. The molecule has 0 saturated carbocycles. The van der Waals surface area contributed by atoms with E-state index in [-0.39, 0.29) is 0 Å². The third-order valence-electron chi connectivity index (χ3n) is 3.32. The fraction of sp³-hybridized carbons (Fsp3) is 0.727. The summed E-state index contributed by atoms with van der Waals surface area (Å²) in [4.78, 5) is 2.51. The van der Waals surface area contributed by atoms with Crippen LogP contribution in [0, 0.1) is 5.92 Å². The summed E-state index contributed by atoms with van der Waals surface area (Å²) in [7, 11) is 2.11. The second-order valence-electron chi connectivity index (χ2n) is 4.73. The first kappa shape index (κ1) is 12.7. The number of hydrogen-bond donors (Lipinski definition) is 2. The second kappa shape index (κ2) is 5.71. The molecule has 1 fully saturated rings. The highest BCUT2D eigenvalue weighted by atomic mass is 35.5. The molecular formula is C11H21ClN5+. The van der Waals surface area contributed by atoms with Crippen LogP contribution in [-0.2, 0) is 6.54 Å². The van der Waals surface area contributed by atoms with Gasteiger partial charge in [0.15, 0.2) is 5.15 Å². The van der Waals surface area contributed by atoms with Gasteiger partial charge < -0.3 is 11.1 Å². The van der Waals surface area contributed by atoms with E-state index in [4.69, 9.17) is 17.3 Å². The van der Waals surface area contributed by atoms with Gasteiger partial charge in [-0.25, -0.2) is 4.68 Å². The Morgan fingerprint density at radius 2 is 2.47 bits per heavy atom. The highest BCUT2D eigenvalue weighted by Crippen LogP contribution is 2.20. The Balaban J connectivity index is 1.83. The van der Waals surface area contributed by atoms with E-state index in [9.17, 15) is 0 Å². The lowest BCUT2D eigenvalue weighted by Crippen LogP contribution is -2.81. The van der Waals surface area contributed by atoms with Crippen molar-refractivity contribution >= 4 is 17.4 Å². The molecule has 4 N–H and O–H groups in total. The molecule has 1 aromatic rings. The molecule has 1 aromatic heterocycles. The molecule has 1 aliphatic rings. The van der Waals surface area contributed by atoms with Crippen LogP contribution in [0.1, 0.15) is 6.42 Å². The van der Waals surface area contributed by atoms with Gasteiger partial charge in [-0.15, -0.1) is 0 Å². The molecule has 1 unspecified atom stereocenters. The van der Waals surface area contributed by atoms with Crippen LogP contribution in [0.25, 0.3) is 0 Å². The van der Waals surface area contributed by atoms with E-state index in [2.05, 4.69) is 22.4 Å². The van der Waals surface area contributed by atoms with Crippen LogP contribution in [-0.4, -0.2) is 47.9 Å². The second-order valence-corrected chi connectivity index (χ2v) is 5.11. The standard InChI is InChI=1S/C11H20ClN5/c1-14-3-5-16-4-2-9(7-16)8-17-11(13)6-10(12)15-17/h6,9,14H,2-5,7-8,13H2,1H3/p+1. The molecule has 2 heterocycles. The number of quaternary nitrogens is 1. The van der Waals surface area contributed by atoms with Crippen LogP contribution in [0.4, 0.5) is 5.82 Å². The van der Waals surface area contributed by atoms with Gasteiger partial charge in [0.1, 0.15) is 5.82 Å². The van der Waals surface area contributed by atoms with Gasteiger partial charge >= 0.3 is 0 Å². The number of hydrogen-bond acceptors (Lipinski definition) is 3. The van der Waals surface area contributed by atoms with E-state index < -0.39 is 0 Å². The van der Waals surface area contributed by atoms with E-state index in [0.717, 1.165) is 13.1 Å². The average molecular weight is 259 g/mol. The summed E-state index contributed by atoms with van der Waals surface area (Å²) in [6, 6.07) is 1.71. The predicted octanol–water partition coefficient (Wildman–Crippen LogP) is -0.366. The lowest BCUT2D eigenvalue weighted by molar-refractivity contribution is -0.626. The summed E-state index contributed by atoms with van der Waals surface area (Å²) in [5, 5.41) is 6.90. The Labute approximate surface area is 107 Å². The molecule has 1 aliphatic heterocycles. The Morgan fingerprint density at radius 1 is 1.65 bits per heavy atom. The van der Waals surface area contributed by atoms with Crippen molar-refractivity contribution in [3.8, 4) is 0 Å². The van der Waals surface area contributed by atoms with E-state index in [1.807, 2.05) is 4.68 Å². The number of nitrogens with two attached hydrogens (primary N) is 2. The first-order chi connectivity index (χ1) is 8.19. The van der Waals surface area contributed by atoms with Crippen molar-refractivity contribution in [1.29, 1.82) is 0 Å². The van der Waals surface area contributed by atoms with Gasteiger partial charge in [-0.1, -0.05) is 11.6 Å². The third kappa shape index (κ3) is 3.34. The van der Waals surface area contributed by atoms with Crippen LogP contribution in [0.2, 0.25) is 5.15 Å². The Morgan fingerprint density at radius 3 is 3.12 bits per heavy atom. The maximum absolute atomic E-state index is 5.83. The molecule has 5 nitrogen and oxygen atoms in total. The van der Waals surface area contributed by atoms with Crippen LogP contribution in [0.15, 0.2) is 6.07 Å². The molecule has 0 aliphatic carbocycles. The first-order valence-electron chi connectivity index (χ1n) is 6.18. The molecule has 0 amide bonds. The van der Waals surface area contributed by atoms with Crippen molar-refractivity contribution in [1.82, 2.24) is 14.7 Å². The number of nitrogens with zero attached hydrogens (tertiary/aromatic N) is 3. The summed E-state index contributed by atoms with van der Waals surface area (Å²) in [5.74, 6) is 1.31. The number of likely N-dealkylation sites (tertiary alicyclic amines) is 1. The van der Waals surface area contributed by atoms with Crippen molar-refractivity contribution in [3.05, 3.63) is 11.2 Å². The Bertz CT molecular complexity index is 365. The van der Waals surface area contributed by atoms with Gasteiger partial charge in [0.2, 0.25) is 0 Å². The SMILES string of the molecule is C[NH2+]CCN1CCC(Cn2nc(Cl)cc2N)C1. The van der Waals surface area contributed by atoms with Crippen molar-refractivity contribution in [2.24, 2.45) is 5.92 Å². The minimum atomic E-state index is 0.484. The predicted molar refractivity (Wildman–Crippen MR) is 68.9 cm³/mol. The van der Waals surface area contributed by atoms with E-state index in [1.165, 1.54) is 26.1 Å². The molecule has 0 bridgehead atoms. The Hall–Kier alpha value is -0.780. The zero-order chi connectivity index (χ0) is 12.3. The molecule has 1 atom stereocenters. The molecule has 0 aromatic carbocycles. The van der Waals surface area contributed by atoms with Gasteiger partial charge in [-0.3, -0.25) is 4.90 Å². The molecule has 0 radical (unpaired) electrons. The smallest absolute Gasteiger partial charge is 0.153 e. The van der Waals surface area contributed by atoms with Crippen LogP contribution < -0.4 is 11.1 Å². The van der Waals surface area contributed by atoms with Gasteiger partial charge in [-0.05, 0) is 18.9 Å². The van der Waals surface area contributed by atoms with Gasteiger partial charge in [0.05, 0.1) is 13.6 Å². The zero-order valence-corrected chi connectivity index (χ0v) is 11.0. The van der Waals surface area contributed by atoms with Crippen LogP contribution in [0.5, 0.6) is 0 Å². The summed E-state index contributed by atoms with van der Waals surface area (Å²) in [6.07, 6.45) is 1.22. The Kier molecular flexibility index (Phi) is 4.25. The fourth-order valence-electron chi connectivity index (χ4n) is 2.37. The van der Waals surface area contributed by atoms with Crippen LogP contribution in [0.3, 0.4) is 0 Å². The van der Waals surface area contributed by atoms with Gasteiger partial charge in [-0.2, -0.15) is 5.10 Å². The molecule has 17 heavy (non-hydrogen) atoms. The zero-order valence-electron chi connectivity index (χ0n) is 10.3. The molecule has 2 rings (SSSR count). The van der Waals surface area contributed by atoms with E-state index in [0.29, 0.717) is 16.9 Å². The third-order valence-corrected chi connectivity index (χ3v) is 3.50. The number of nitrogen functional groups attached to an aromatic ring is 1. The highest BCUT2D eigenvalue weighted by molar-refractivity contribution is 6.29. The van der Waals surface area contributed by atoms with Crippen molar-refractivity contribution in [3.63, 3.8) is 0 Å². The first-order valence-corrected chi connectivity index (χ1v) is 6.56. The molecule has 0 spiro atoms. The summed E-state index contributed by atoms with van der Waals surface area (Å²) in [5.41, 5.74) is 5.83. The minimum Gasteiger partial charge on any atom is -0.384 e. The number of anilines is 1. The quantitative estimate of drug-likeness (QED) is 0.758. The van der Waals surface area contributed by atoms with Crippen LogP contribution >= 0.6 is 11.6 Å².